The molecule has 0 unspecified atom stereocenters. The maximum absolute atomic E-state index is 12.5. The molecule has 0 atom stereocenters. The number of benzene rings is 2. The van der Waals surface area contributed by atoms with Crippen LogP contribution in [0, 0.1) is 0 Å². The molecule has 0 radical (unpaired) electrons. The van der Waals surface area contributed by atoms with E-state index in [1.165, 1.54) is 11.3 Å². The van der Waals surface area contributed by atoms with Crippen LogP contribution in [0.4, 0.5) is 0 Å². The SMILES string of the molecule is CCOCCn1c(=NC(=O)CCS(=O)(=O)Cc2ccccc2)sc2cc(Br)ccc21. The number of carbonyl (C=O) groups is 1. The molecule has 2 aromatic carbocycles. The van der Waals surface area contributed by atoms with E-state index in [2.05, 4.69) is 20.9 Å². The number of sulfone groups is 1. The molecule has 0 bridgehead atoms. The van der Waals surface area contributed by atoms with E-state index in [-0.39, 0.29) is 17.9 Å². The summed E-state index contributed by atoms with van der Waals surface area (Å²) in [6.07, 6.45) is -0.140. The maximum atomic E-state index is 12.5. The second kappa shape index (κ2) is 10.5. The molecule has 0 spiro atoms. The van der Waals surface area contributed by atoms with Gasteiger partial charge in [0.25, 0.3) is 0 Å². The Morgan fingerprint density at radius 1 is 1.20 bits per heavy atom. The van der Waals surface area contributed by atoms with Gasteiger partial charge in [0.1, 0.15) is 0 Å². The Labute approximate surface area is 188 Å². The third kappa shape index (κ3) is 6.34. The number of amides is 1. The molecule has 0 aliphatic carbocycles. The van der Waals surface area contributed by atoms with Crippen LogP contribution in [0.2, 0.25) is 0 Å². The van der Waals surface area contributed by atoms with Crippen LogP contribution in [-0.2, 0) is 31.7 Å². The minimum atomic E-state index is -3.39. The molecule has 0 saturated carbocycles. The minimum Gasteiger partial charge on any atom is -0.380 e. The van der Waals surface area contributed by atoms with Gasteiger partial charge < -0.3 is 9.30 Å². The number of carbonyl (C=O) groups excluding carboxylic acids is 1. The third-order valence-electron chi connectivity index (χ3n) is 4.38. The maximum Gasteiger partial charge on any atom is 0.249 e. The minimum absolute atomic E-state index is 0.0770. The van der Waals surface area contributed by atoms with Crippen LogP contribution in [0.3, 0.4) is 0 Å². The summed E-state index contributed by atoms with van der Waals surface area (Å²) in [7, 11) is -3.39. The molecule has 1 aromatic heterocycles. The van der Waals surface area contributed by atoms with Crippen molar-refractivity contribution in [3.05, 3.63) is 63.4 Å². The fourth-order valence-corrected chi connectivity index (χ4v) is 5.91. The zero-order valence-electron chi connectivity index (χ0n) is 16.6. The van der Waals surface area contributed by atoms with Gasteiger partial charge in [0, 0.05) is 24.0 Å². The average Bonchev–Trinajstić information content (AvgIpc) is 3.03. The molecule has 3 rings (SSSR count). The Bertz CT molecular complexity index is 1180. The molecule has 1 heterocycles. The molecule has 0 saturated heterocycles. The highest BCUT2D eigenvalue weighted by Crippen LogP contribution is 2.22. The Morgan fingerprint density at radius 2 is 1.97 bits per heavy atom. The summed E-state index contributed by atoms with van der Waals surface area (Å²) in [6.45, 7) is 3.61. The lowest BCUT2D eigenvalue weighted by atomic mass is 10.2. The van der Waals surface area contributed by atoms with Crippen LogP contribution in [0.1, 0.15) is 18.9 Å². The molecule has 3 aromatic rings. The van der Waals surface area contributed by atoms with Crippen LogP contribution in [0.15, 0.2) is 58.0 Å². The van der Waals surface area contributed by atoms with Gasteiger partial charge in [-0.05, 0) is 30.7 Å². The number of aromatic nitrogens is 1. The Kier molecular flexibility index (Phi) is 7.99. The predicted octanol–water partition coefficient (Wildman–Crippen LogP) is 3.93. The molecule has 0 N–H and O–H groups in total. The van der Waals surface area contributed by atoms with Crippen molar-refractivity contribution >= 4 is 53.2 Å². The molecule has 30 heavy (non-hydrogen) atoms. The highest BCUT2D eigenvalue weighted by molar-refractivity contribution is 9.10. The van der Waals surface area contributed by atoms with Gasteiger partial charge in [0.05, 0.1) is 28.3 Å². The second-order valence-corrected chi connectivity index (χ2v) is 10.8. The van der Waals surface area contributed by atoms with Gasteiger partial charge in [-0.1, -0.05) is 57.6 Å². The van der Waals surface area contributed by atoms with E-state index in [0.29, 0.717) is 30.1 Å². The largest absolute Gasteiger partial charge is 0.380 e. The van der Waals surface area contributed by atoms with Crippen LogP contribution in [0.25, 0.3) is 10.2 Å². The van der Waals surface area contributed by atoms with Crippen molar-refractivity contribution in [3.63, 3.8) is 0 Å². The fourth-order valence-electron chi connectivity index (χ4n) is 2.95. The summed E-state index contributed by atoms with van der Waals surface area (Å²) in [6, 6.07) is 14.8. The zero-order valence-corrected chi connectivity index (χ0v) is 19.8. The average molecular weight is 511 g/mol. The van der Waals surface area contributed by atoms with E-state index in [1.54, 1.807) is 24.3 Å². The number of thiazole rings is 1. The Hall–Kier alpha value is -1.81. The van der Waals surface area contributed by atoms with Crippen LogP contribution in [-0.4, -0.2) is 37.9 Å². The lowest BCUT2D eigenvalue weighted by Crippen LogP contribution is -2.20. The normalized spacial score (nSPS) is 12.5. The number of halogens is 1. The van der Waals surface area contributed by atoms with Crippen molar-refractivity contribution in [3.8, 4) is 0 Å². The highest BCUT2D eigenvalue weighted by atomic mass is 79.9. The molecule has 0 aliphatic rings. The van der Waals surface area contributed by atoms with Gasteiger partial charge in [-0.3, -0.25) is 4.79 Å². The number of ether oxygens (including phenoxy) is 1. The number of hydrogen-bond donors (Lipinski definition) is 0. The van der Waals surface area contributed by atoms with Crippen molar-refractivity contribution in [2.75, 3.05) is 19.0 Å². The molecule has 160 valence electrons. The molecule has 9 heteroatoms. The third-order valence-corrected chi connectivity index (χ3v) is 7.52. The van der Waals surface area contributed by atoms with Crippen LogP contribution < -0.4 is 4.80 Å². The van der Waals surface area contributed by atoms with Crippen molar-refractivity contribution in [1.29, 1.82) is 0 Å². The predicted molar refractivity (Wildman–Crippen MR) is 123 cm³/mol. The fraction of sp³-hybridized carbons (Fsp3) is 0.333. The number of hydrogen-bond acceptors (Lipinski definition) is 5. The first-order chi connectivity index (χ1) is 14.4. The summed E-state index contributed by atoms with van der Waals surface area (Å²) in [5, 5.41) is 0. The van der Waals surface area contributed by atoms with E-state index in [9.17, 15) is 13.2 Å². The lowest BCUT2D eigenvalue weighted by Gasteiger charge is -2.05. The summed E-state index contributed by atoms with van der Waals surface area (Å²) < 4.78 is 34.0. The van der Waals surface area contributed by atoms with Crippen LogP contribution >= 0.6 is 27.3 Å². The summed E-state index contributed by atoms with van der Waals surface area (Å²) in [4.78, 5) is 17.2. The summed E-state index contributed by atoms with van der Waals surface area (Å²) in [5.41, 5.74) is 1.68. The highest BCUT2D eigenvalue weighted by Gasteiger charge is 2.15. The lowest BCUT2D eigenvalue weighted by molar-refractivity contribution is -0.117. The van der Waals surface area contributed by atoms with E-state index in [4.69, 9.17) is 4.74 Å². The van der Waals surface area contributed by atoms with Gasteiger partial charge in [0.15, 0.2) is 14.6 Å². The van der Waals surface area contributed by atoms with Crippen molar-refractivity contribution in [1.82, 2.24) is 4.57 Å². The van der Waals surface area contributed by atoms with Crippen molar-refractivity contribution in [2.45, 2.75) is 25.6 Å². The Morgan fingerprint density at radius 3 is 2.70 bits per heavy atom. The molecule has 0 fully saturated rings. The molecular formula is C21H23BrN2O4S2. The smallest absolute Gasteiger partial charge is 0.249 e. The number of fused-ring (bicyclic) bond motifs is 1. The van der Waals surface area contributed by atoms with Gasteiger partial charge >= 0.3 is 0 Å². The van der Waals surface area contributed by atoms with Crippen molar-refractivity contribution < 1.29 is 17.9 Å². The quantitative estimate of drug-likeness (QED) is 0.408. The molecule has 0 aliphatic heterocycles. The van der Waals surface area contributed by atoms with Gasteiger partial charge in [-0.25, -0.2) is 8.42 Å². The molecular weight excluding hydrogens is 488 g/mol. The first kappa shape index (κ1) is 22.9. The van der Waals surface area contributed by atoms with E-state index in [1.807, 2.05) is 35.8 Å². The first-order valence-electron chi connectivity index (χ1n) is 9.56. The summed E-state index contributed by atoms with van der Waals surface area (Å²) in [5.74, 6) is -0.742. The Balaban J connectivity index is 1.77. The van der Waals surface area contributed by atoms with Gasteiger partial charge in [0.2, 0.25) is 5.91 Å². The van der Waals surface area contributed by atoms with Gasteiger partial charge in [-0.15, -0.1) is 0 Å². The van der Waals surface area contributed by atoms with E-state index in [0.717, 1.165) is 14.7 Å². The van der Waals surface area contributed by atoms with E-state index < -0.39 is 15.7 Å². The first-order valence-corrected chi connectivity index (χ1v) is 13.0. The van der Waals surface area contributed by atoms with Crippen LogP contribution in [0.5, 0.6) is 0 Å². The van der Waals surface area contributed by atoms with E-state index >= 15 is 0 Å². The number of nitrogens with zero attached hydrogens (tertiary/aromatic N) is 2. The molecule has 6 nitrogen and oxygen atoms in total. The monoisotopic (exact) mass is 510 g/mol. The zero-order chi connectivity index (χ0) is 21.6. The van der Waals surface area contributed by atoms with Gasteiger partial charge in [-0.2, -0.15) is 4.99 Å². The standard InChI is InChI=1S/C21H23BrN2O4S2/c1-2-28-12-11-24-18-9-8-17(22)14-19(18)29-21(24)23-20(25)10-13-30(26,27)15-16-6-4-3-5-7-16/h3-9,14H,2,10-13,15H2,1H3. The topological polar surface area (TPSA) is 77.7 Å². The second-order valence-electron chi connectivity index (χ2n) is 6.68. The summed E-state index contributed by atoms with van der Waals surface area (Å²) >= 11 is 4.86. The molecule has 1 amide bonds. The van der Waals surface area contributed by atoms with Crippen molar-refractivity contribution in [2.24, 2.45) is 4.99 Å². The number of rotatable bonds is 9.